The first-order chi connectivity index (χ1) is 17.9. The van der Waals surface area contributed by atoms with Crippen LogP contribution in [-0.4, -0.2) is 24.5 Å². The first-order valence-corrected chi connectivity index (χ1v) is 12.8. The Balaban J connectivity index is 1.59. The Kier molecular flexibility index (Phi) is 8.63. The van der Waals surface area contributed by atoms with Crippen molar-refractivity contribution in [1.82, 2.24) is 5.32 Å². The molecule has 0 saturated carbocycles. The van der Waals surface area contributed by atoms with Crippen molar-refractivity contribution >= 4 is 57.1 Å². The number of urea groups is 1. The molecule has 4 amide bonds. The number of carbonyl (C=O) groups is 3. The molecule has 3 aromatic carbocycles. The van der Waals surface area contributed by atoms with Crippen LogP contribution in [0.1, 0.15) is 30.9 Å². The number of amides is 4. The number of imide groups is 2. The van der Waals surface area contributed by atoms with Crippen LogP contribution in [0.2, 0.25) is 5.02 Å². The van der Waals surface area contributed by atoms with E-state index in [1.165, 1.54) is 6.08 Å². The zero-order valence-electron chi connectivity index (χ0n) is 20.0. The van der Waals surface area contributed by atoms with Gasteiger partial charge in [-0.1, -0.05) is 53.0 Å². The van der Waals surface area contributed by atoms with Gasteiger partial charge in [-0.15, -0.1) is 0 Å². The minimum absolute atomic E-state index is 0.200. The molecular formula is C28H24BrClN2O5. The third-order valence-corrected chi connectivity index (χ3v) is 6.25. The third-order valence-electron chi connectivity index (χ3n) is 5.52. The number of hydrogen-bond donors (Lipinski definition) is 1. The average molecular weight is 584 g/mol. The Morgan fingerprint density at radius 3 is 2.51 bits per heavy atom. The maximum absolute atomic E-state index is 13.3. The second-order valence-corrected chi connectivity index (χ2v) is 9.61. The maximum Gasteiger partial charge on any atom is 0.335 e. The number of rotatable bonds is 9. The monoisotopic (exact) mass is 582 g/mol. The summed E-state index contributed by atoms with van der Waals surface area (Å²) in [6.07, 6.45) is 3.35. The summed E-state index contributed by atoms with van der Waals surface area (Å²) in [7, 11) is 0. The van der Waals surface area contributed by atoms with Gasteiger partial charge >= 0.3 is 6.03 Å². The van der Waals surface area contributed by atoms with Gasteiger partial charge in [-0.3, -0.25) is 14.9 Å². The summed E-state index contributed by atoms with van der Waals surface area (Å²) >= 11 is 9.48. The number of barbiturate groups is 1. The van der Waals surface area contributed by atoms with E-state index < -0.39 is 17.8 Å². The lowest BCUT2D eigenvalue weighted by Crippen LogP contribution is -2.54. The molecule has 1 N–H and O–H groups in total. The molecule has 3 aromatic rings. The number of anilines is 1. The number of carbonyl (C=O) groups excluding carboxylic acids is 3. The Bertz CT molecular complexity index is 1360. The van der Waals surface area contributed by atoms with Gasteiger partial charge in [0.25, 0.3) is 11.8 Å². The van der Waals surface area contributed by atoms with Gasteiger partial charge < -0.3 is 9.47 Å². The van der Waals surface area contributed by atoms with Crippen LogP contribution in [-0.2, 0) is 16.2 Å². The Morgan fingerprint density at radius 1 is 1.00 bits per heavy atom. The van der Waals surface area contributed by atoms with Crippen LogP contribution in [0.25, 0.3) is 6.08 Å². The van der Waals surface area contributed by atoms with Crippen molar-refractivity contribution in [3.8, 4) is 11.5 Å². The molecule has 1 fully saturated rings. The smallest absolute Gasteiger partial charge is 0.335 e. The van der Waals surface area contributed by atoms with Crippen LogP contribution in [0.5, 0.6) is 11.5 Å². The quantitative estimate of drug-likeness (QED) is 0.176. The largest absolute Gasteiger partial charge is 0.494 e. The van der Waals surface area contributed by atoms with E-state index in [0.717, 1.165) is 27.8 Å². The normalized spacial score (nSPS) is 14.6. The molecule has 9 heteroatoms. The predicted molar refractivity (Wildman–Crippen MR) is 146 cm³/mol. The SMILES string of the molecule is CCCCOc1ccc(N2C(=O)NC(=O)/C(=C/c3cc(Br)ccc3OCc3cccc(Cl)c3)C2=O)cc1. The highest BCUT2D eigenvalue weighted by atomic mass is 79.9. The second kappa shape index (κ2) is 12.1. The van der Waals surface area contributed by atoms with Gasteiger partial charge in [0.2, 0.25) is 0 Å². The van der Waals surface area contributed by atoms with Crippen molar-refractivity contribution in [2.24, 2.45) is 0 Å². The Hall–Kier alpha value is -3.62. The minimum Gasteiger partial charge on any atom is -0.494 e. The zero-order valence-corrected chi connectivity index (χ0v) is 22.3. The molecule has 0 aromatic heterocycles. The van der Waals surface area contributed by atoms with Gasteiger partial charge in [-0.05, 0) is 72.7 Å². The fourth-order valence-electron chi connectivity index (χ4n) is 3.62. The molecule has 0 aliphatic carbocycles. The van der Waals surface area contributed by atoms with Crippen molar-refractivity contribution in [1.29, 1.82) is 0 Å². The first kappa shape index (κ1) is 26.4. The van der Waals surface area contributed by atoms with Crippen LogP contribution in [0.15, 0.2) is 76.8 Å². The summed E-state index contributed by atoms with van der Waals surface area (Å²) in [6.45, 7) is 2.88. The number of unbranched alkanes of at least 4 members (excludes halogenated alkanes) is 1. The molecule has 1 saturated heterocycles. The number of ether oxygens (including phenoxy) is 2. The summed E-state index contributed by atoms with van der Waals surface area (Å²) in [4.78, 5) is 39.5. The molecular weight excluding hydrogens is 560 g/mol. The van der Waals surface area contributed by atoms with Gasteiger partial charge in [0.1, 0.15) is 23.7 Å². The molecule has 1 aliphatic heterocycles. The summed E-state index contributed by atoms with van der Waals surface area (Å²) in [5.74, 6) is -0.446. The van der Waals surface area contributed by atoms with E-state index >= 15 is 0 Å². The molecule has 0 unspecified atom stereocenters. The van der Waals surface area contributed by atoms with Gasteiger partial charge in [-0.25, -0.2) is 9.69 Å². The molecule has 7 nitrogen and oxygen atoms in total. The van der Waals surface area contributed by atoms with E-state index in [2.05, 4.69) is 28.2 Å². The fraction of sp³-hybridized carbons (Fsp3) is 0.179. The fourth-order valence-corrected chi connectivity index (χ4v) is 4.22. The van der Waals surface area contributed by atoms with Crippen molar-refractivity contribution in [3.63, 3.8) is 0 Å². The molecule has 4 rings (SSSR count). The molecule has 1 heterocycles. The number of benzene rings is 3. The van der Waals surface area contributed by atoms with E-state index in [1.54, 1.807) is 54.6 Å². The zero-order chi connectivity index (χ0) is 26.4. The van der Waals surface area contributed by atoms with E-state index in [4.69, 9.17) is 21.1 Å². The highest BCUT2D eigenvalue weighted by Crippen LogP contribution is 2.29. The van der Waals surface area contributed by atoms with Crippen LogP contribution in [0.3, 0.4) is 0 Å². The van der Waals surface area contributed by atoms with E-state index in [-0.39, 0.29) is 12.2 Å². The average Bonchev–Trinajstić information content (AvgIpc) is 2.87. The lowest BCUT2D eigenvalue weighted by Gasteiger charge is -2.26. The standard InChI is InChI=1S/C28H24BrClN2O5/c1-2-3-13-36-23-10-8-22(9-11-23)32-27(34)24(26(33)31-28(32)35)16-19-15-20(29)7-12-25(19)37-17-18-5-4-6-21(30)14-18/h4-12,14-16H,2-3,13,17H2,1H3,(H,31,33,35)/b24-16-. The van der Waals surface area contributed by atoms with Crippen LogP contribution in [0, 0.1) is 0 Å². The first-order valence-electron chi connectivity index (χ1n) is 11.7. The number of nitrogens with zero attached hydrogens (tertiary/aromatic N) is 1. The number of hydrogen-bond acceptors (Lipinski definition) is 5. The molecule has 1 aliphatic rings. The van der Waals surface area contributed by atoms with Gasteiger partial charge in [0.05, 0.1) is 12.3 Å². The Morgan fingerprint density at radius 2 is 1.78 bits per heavy atom. The van der Waals surface area contributed by atoms with Crippen molar-refractivity contribution in [2.75, 3.05) is 11.5 Å². The molecule has 37 heavy (non-hydrogen) atoms. The van der Waals surface area contributed by atoms with Crippen LogP contribution < -0.4 is 19.7 Å². The van der Waals surface area contributed by atoms with Crippen molar-refractivity contribution in [3.05, 3.63) is 92.9 Å². The summed E-state index contributed by atoms with van der Waals surface area (Å²) in [6, 6.07) is 18.3. The second-order valence-electron chi connectivity index (χ2n) is 8.25. The van der Waals surface area contributed by atoms with Crippen LogP contribution >= 0.6 is 27.5 Å². The predicted octanol–water partition coefficient (Wildman–Crippen LogP) is 6.53. The molecule has 0 bridgehead atoms. The number of nitrogens with one attached hydrogen (secondary N) is 1. The molecule has 190 valence electrons. The molecule has 0 radical (unpaired) electrons. The highest BCUT2D eigenvalue weighted by Gasteiger charge is 2.37. The summed E-state index contributed by atoms with van der Waals surface area (Å²) in [5, 5.41) is 2.84. The van der Waals surface area contributed by atoms with Gasteiger partial charge in [0.15, 0.2) is 0 Å². The van der Waals surface area contributed by atoms with Crippen molar-refractivity contribution in [2.45, 2.75) is 26.4 Å². The highest BCUT2D eigenvalue weighted by molar-refractivity contribution is 9.10. The van der Waals surface area contributed by atoms with E-state index in [0.29, 0.717) is 34.4 Å². The van der Waals surface area contributed by atoms with Crippen molar-refractivity contribution < 1.29 is 23.9 Å². The van der Waals surface area contributed by atoms with E-state index in [9.17, 15) is 14.4 Å². The van der Waals surface area contributed by atoms with Crippen LogP contribution in [0.4, 0.5) is 10.5 Å². The Labute approximate surface area is 228 Å². The van der Waals surface area contributed by atoms with Gasteiger partial charge in [-0.2, -0.15) is 0 Å². The minimum atomic E-state index is -0.821. The van der Waals surface area contributed by atoms with Gasteiger partial charge in [0, 0.05) is 15.1 Å². The van der Waals surface area contributed by atoms with E-state index in [1.807, 2.05) is 12.1 Å². The topological polar surface area (TPSA) is 84.9 Å². The lowest BCUT2D eigenvalue weighted by atomic mass is 10.1. The molecule has 0 atom stereocenters. The lowest BCUT2D eigenvalue weighted by molar-refractivity contribution is -0.122. The maximum atomic E-state index is 13.3. The molecule has 0 spiro atoms. The summed E-state index contributed by atoms with van der Waals surface area (Å²) in [5.41, 5.74) is 1.47. The third kappa shape index (κ3) is 6.58. The summed E-state index contributed by atoms with van der Waals surface area (Å²) < 4.78 is 12.3. The number of halogens is 2.